The van der Waals surface area contributed by atoms with Crippen LogP contribution in [0.15, 0.2) is 66.2 Å². The van der Waals surface area contributed by atoms with Crippen LogP contribution in [0.2, 0.25) is 0 Å². The Morgan fingerprint density at radius 2 is 1.92 bits per heavy atom. The number of benzene rings is 2. The Hall–Kier alpha value is -4.15. The Bertz CT molecular complexity index is 1400. The number of hydrogen-bond donors (Lipinski definition) is 1. The van der Waals surface area contributed by atoms with Crippen LogP contribution in [-0.4, -0.2) is 41.8 Å². The summed E-state index contributed by atoms with van der Waals surface area (Å²) < 4.78 is 22.0. The number of nitrogens with one attached hydrogen (secondary N) is 1. The quantitative estimate of drug-likeness (QED) is 0.304. The van der Waals surface area contributed by atoms with Gasteiger partial charge in [0.15, 0.2) is 11.5 Å². The zero-order valence-corrected chi connectivity index (χ0v) is 22.0. The SMILES string of the molecule is COc1ccc(CN(Cc2ccc3c(c2)OCO3)Cc2nc(C(=O)NCc3ccccn3)cs2)c(OC)c1. The molecule has 0 saturated heterocycles. The maximum Gasteiger partial charge on any atom is 0.271 e. The lowest BCUT2D eigenvalue weighted by Crippen LogP contribution is -2.24. The minimum Gasteiger partial charge on any atom is -0.497 e. The molecule has 1 N–H and O–H groups in total. The molecule has 0 radical (unpaired) electrons. The summed E-state index contributed by atoms with van der Waals surface area (Å²) in [4.78, 5) is 23.8. The standard InChI is InChI=1S/C28H28N4O5S/c1-34-22-8-7-20(25(12-22)35-2)15-32(14-19-6-9-24-26(11-19)37-18-36-24)16-27-31-23(17-38-27)28(33)30-13-21-5-3-4-10-29-21/h3-12,17H,13-16,18H2,1-2H3,(H,30,33). The smallest absolute Gasteiger partial charge is 0.271 e. The zero-order valence-electron chi connectivity index (χ0n) is 21.2. The molecule has 10 heteroatoms. The molecule has 0 unspecified atom stereocenters. The van der Waals surface area contributed by atoms with E-state index in [1.165, 1.54) is 11.3 Å². The van der Waals surface area contributed by atoms with Crippen LogP contribution in [-0.2, 0) is 26.2 Å². The summed E-state index contributed by atoms with van der Waals surface area (Å²) in [5, 5.41) is 5.51. The summed E-state index contributed by atoms with van der Waals surface area (Å²) in [5.74, 6) is 2.74. The van der Waals surface area contributed by atoms with Crippen molar-refractivity contribution in [3.8, 4) is 23.0 Å². The van der Waals surface area contributed by atoms with E-state index in [2.05, 4.69) is 20.2 Å². The highest BCUT2D eigenvalue weighted by molar-refractivity contribution is 7.09. The van der Waals surface area contributed by atoms with Crippen LogP contribution in [0.3, 0.4) is 0 Å². The molecule has 38 heavy (non-hydrogen) atoms. The highest BCUT2D eigenvalue weighted by Crippen LogP contribution is 2.33. The van der Waals surface area contributed by atoms with E-state index in [1.807, 2.05) is 54.6 Å². The van der Waals surface area contributed by atoms with E-state index in [9.17, 15) is 4.79 Å². The third-order valence-electron chi connectivity index (χ3n) is 6.03. The van der Waals surface area contributed by atoms with Gasteiger partial charge in [-0.3, -0.25) is 14.7 Å². The molecule has 4 aromatic rings. The summed E-state index contributed by atoms with van der Waals surface area (Å²) in [6, 6.07) is 17.4. The van der Waals surface area contributed by atoms with E-state index in [-0.39, 0.29) is 12.7 Å². The topological polar surface area (TPSA) is 95.0 Å². The fraction of sp³-hybridized carbons (Fsp3) is 0.250. The Balaban J connectivity index is 1.32. The number of amides is 1. The highest BCUT2D eigenvalue weighted by Gasteiger charge is 2.19. The number of thiazole rings is 1. The Morgan fingerprint density at radius 1 is 1.03 bits per heavy atom. The van der Waals surface area contributed by atoms with Crippen LogP contribution in [0.4, 0.5) is 0 Å². The average molecular weight is 533 g/mol. The van der Waals surface area contributed by atoms with Gasteiger partial charge in [-0.15, -0.1) is 11.3 Å². The molecule has 0 bridgehead atoms. The largest absolute Gasteiger partial charge is 0.497 e. The van der Waals surface area contributed by atoms with Crippen LogP contribution >= 0.6 is 11.3 Å². The molecule has 2 aromatic heterocycles. The van der Waals surface area contributed by atoms with Gasteiger partial charge in [-0.1, -0.05) is 18.2 Å². The van der Waals surface area contributed by atoms with Crippen LogP contribution in [0.1, 0.15) is 32.3 Å². The van der Waals surface area contributed by atoms with E-state index < -0.39 is 0 Å². The normalized spacial score (nSPS) is 12.0. The minimum absolute atomic E-state index is 0.225. The van der Waals surface area contributed by atoms with Crippen molar-refractivity contribution in [1.29, 1.82) is 0 Å². The molecule has 3 heterocycles. The first-order valence-corrected chi connectivity index (χ1v) is 12.9. The second-order valence-electron chi connectivity index (χ2n) is 8.64. The average Bonchev–Trinajstić information content (AvgIpc) is 3.62. The summed E-state index contributed by atoms with van der Waals surface area (Å²) in [6.07, 6.45) is 1.70. The third-order valence-corrected chi connectivity index (χ3v) is 6.86. The molecule has 5 rings (SSSR count). The summed E-state index contributed by atoms with van der Waals surface area (Å²) in [6.45, 7) is 2.35. The van der Waals surface area contributed by atoms with E-state index in [1.54, 1.807) is 25.8 Å². The fourth-order valence-electron chi connectivity index (χ4n) is 4.13. The van der Waals surface area contributed by atoms with Gasteiger partial charge >= 0.3 is 0 Å². The number of carbonyl (C=O) groups excluding carboxylic acids is 1. The first kappa shape index (κ1) is 25.5. The first-order chi connectivity index (χ1) is 18.6. The molecule has 2 aromatic carbocycles. The summed E-state index contributed by atoms with van der Waals surface area (Å²) >= 11 is 1.46. The Labute approximate surface area is 225 Å². The van der Waals surface area contributed by atoms with Crippen LogP contribution in [0, 0.1) is 0 Å². The number of rotatable bonds is 11. The van der Waals surface area contributed by atoms with Crippen molar-refractivity contribution >= 4 is 17.2 Å². The van der Waals surface area contributed by atoms with Crippen molar-refractivity contribution < 1.29 is 23.7 Å². The van der Waals surface area contributed by atoms with Gasteiger partial charge in [0.2, 0.25) is 6.79 Å². The second kappa shape index (κ2) is 11.9. The molecule has 0 spiro atoms. The predicted molar refractivity (Wildman–Crippen MR) is 143 cm³/mol. The van der Waals surface area contributed by atoms with Crippen LogP contribution in [0.25, 0.3) is 0 Å². The number of ether oxygens (including phenoxy) is 4. The van der Waals surface area contributed by atoms with Crippen molar-refractivity contribution in [3.63, 3.8) is 0 Å². The van der Waals surface area contributed by atoms with Gasteiger partial charge in [0, 0.05) is 36.3 Å². The van der Waals surface area contributed by atoms with Crippen LogP contribution in [0.5, 0.6) is 23.0 Å². The predicted octanol–water partition coefficient (Wildman–Crippen LogP) is 4.42. The summed E-state index contributed by atoms with van der Waals surface area (Å²) in [7, 11) is 3.28. The lowest BCUT2D eigenvalue weighted by atomic mass is 10.1. The second-order valence-corrected chi connectivity index (χ2v) is 9.58. The van der Waals surface area contributed by atoms with Crippen LogP contribution < -0.4 is 24.3 Å². The van der Waals surface area contributed by atoms with Gasteiger partial charge < -0.3 is 24.3 Å². The molecule has 196 valence electrons. The van der Waals surface area contributed by atoms with Gasteiger partial charge in [-0.2, -0.15) is 0 Å². The maximum absolute atomic E-state index is 12.7. The molecule has 0 fully saturated rings. The Kier molecular flexibility index (Phi) is 8.01. The number of methoxy groups -OCH3 is 2. The first-order valence-electron chi connectivity index (χ1n) is 12.1. The van der Waals surface area contributed by atoms with E-state index in [0.29, 0.717) is 31.9 Å². The Morgan fingerprint density at radius 3 is 2.74 bits per heavy atom. The lowest BCUT2D eigenvalue weighted by molar-refractivity contribution is 0.0945. The fourth-order valence-corrected chi connectivity index (χ4v) is 4.95. The van der Waals surface area contributed by atoms with Crippen molar-refractivity contribution in [1.82, 2.24) is 20.2 Å². The molecular formula is C28H28N4O5S. The number of hydrogen-bond acceptors (Lipinski definition) is 9. The molecule has 1 aliphatic rings. The van der Waals surface area contributed by atoms with Gasteiger partial charge in [0.05, 0.1) is 33.0 Å². The van der Waals surface area contributed by atoms with Gasteiger partial charge in [0.25, 0.3) is 5.91 Å². The van der Waals surface area contributed by atoms with Crippen molar-refractivity contribution in [3.05, 3.63) is 93.7 Å². The van der Waals surface area contributed by atoms with Gasteiger partial charge in [0.1, 0.15) is 22.2 Å². The minimum atomic E-state index is -0.225. The van der Waals surface area contributed by atoms with Gasteiger partial charge in [-0.25, -0.2) is 4.98 Å². The monoisotopic (exact) mass is 532 g/mol. The lowest BCUT2D eigenvalue weighted by Gasteiger charge is -2.23. The molecular weight excluding hydrogens is 504 g/mol. The van der Waals surface area contributed by atoms with E-state index in [4.69, 9.17) is 18.9 Å². The van der Waals surface area contributed by atoms with Crippen molar-refractivity contribution in [2.75, 3.05) is 21.0 Å². The molecule has 1 aliphatic heterocycles. The number of nitrogens with zero attached hydrogens (tertiary/aromatic N) is 3. The van der Waals surface area contributed by atoms with Crippen molar-refractivity contribution in [2.24, 2.45) is 0 Å². The third kappa shape index (κ3) is 6.21. The molecule has 0 aliphatic carbocycles. The number of aromatic nitrogens is 2. The molecule has 0 saturated carbocycles. The number of pyridine rings is 1. The van der Waals surface area contributed by atoms with Crippen molar-refractivity contribution in [2.45, 2.75) is 26.2 Å². The van der Waals surface area contributed by atoms with E-state index in [0.717, 1.165) is 44.8 Å². The van der Waals surface area contributed by atoms with Gasteiger partial charge in [-0.05, 0) is 35.9 Å². The molecule has 9 nitrogen and oxygen atoms in total. The number of fused-ring (bicyclic) bond motifs is 1. The van der Waals surface area contributed by atoms with E-state index >= 15 is 0 Å². The number of carbonyl (C=O) groups is 1. The molecule has 1 amide bonds. The molecule has 0 atom stereocenters. The highest BCUT2D eigenvalue weighted by atomic mass is 32.1. The maximum atomic E-state index is 12.7. The zero-order chi connectivity index (χ0) is 26.3. The summed E-state index contributed by atoms with van der Waals surface area (Å²) in [5.41, 5.74) is 3.27.